The summed E-state index contributed by atoms with van der Waals surface area (Å²) < 4.78 is 37.2. The molecule has 1 amide bonds. The molecule has 1 aromatic rings. The zero-order valence-corrected chi connectivity index (χ0v) is 12.4. The number of carbonyl (C=O) groups is 1. The van der Waals surface area contributed by atoms with Crippen LogP contribution in [0.2, 0.25) is 0 Å². The molecule has 0 aromatic heterocycles. The number of rotatable bonds is 5. The van der Waals surface area contributed by atoms with Gasteiger partial charge in [0.2, 0.25) is 5.91 Å². The first-order valence-electron chi connectivity index (χ1n) is 5.93. The number of alkyl halides is 4. The van der Waals surface area contributed by atoms with Crippen molar-refractivity contribution in [1.29, 1.82) is 0 Å². The lowest BCUT2D eigenvalue weighted by Gasteiger charge is -2.27. The summed E-state index contributed by atoms with van der Waals surface area (Å²) in [7, 11) is 0. The maximum atomic E-state index is 12.4. The molecule has 7 heteroatoms. The zero-order valence-electron chi connectivity index (χ0n) is 10.8. The Labute approximate surface area is 123 Å². The number of nitrogens with zero attached hydrogens (tertiary/aromatic N) is 1. The highest BCUT2D eigenvalue weighted by Gasteiger charge is 2.40. The van der Waals surface area contributed by atoms with E-state index in [1.807, 2.05) is 0 Å². The van der Waals surface area contributed by atoms with Crippen molar-refractivity contribution in [1.82, 2.24) is 4.90 Å². The van der Waals surface area contributed by atoms with E-state index in [0.717, 1.165) is 4.90 Å². The maximum Gasteiger partial charge on any atom is 0.416 e. The minimum absolute atomic E-state index is 0.0166. The average Bonchev–Trinajstić information content (AvgIpc) is 2.37. The van der Waals surface area contributed by atoms with Crippen LogP contribution < -0.4 is 0 Å². The van der Waals surface area contributed by atoms with Gasteiger partial charge in [-0.05, 0) is 12.5 Å². The van der Waals surface area contributed by atoms with Gasteiger partial charge in [0.15, 0.2) is 6.10 Å². The Morgan fingerprint density at radius 3 is 2.35 bits per heavy atom. The minimum atomic E-state index is -4.75. The smallest absolute Gasteiger partial charge is 0.382 e. The Hall–Kier alpha value is -1.08. The molecule has 0 radical (unpaired) electrons. The molecule has 0 fully saturated rings. The molecule has 0 heterocycles. The van der Waals surface area contributed by atoms with Gasteiger partial charge in [0.25, 0.3) is 0 Å². The van der Waals surface area contributed by atoms with E-state index in [9.17, 15) is 18.0 Å². The topological polar surface area (TPSA) is 40.5 Å². The summed E-state index contributed by atoms with van der Waals surface area (Å²) in [5.74, 6) is -0.503. The van der Waals surface area contributed by atoms with Crippen LogP contribution >= 0.6 is 15.9 Å². The summed E-state index contributed by atoms with van der Waals surface area (Å²) >= 11 is 3.04. The van der Waals surface area contributed by atoms with Gasteiger partial charge in [-0.1, -0.05) is 46.3 Å². The molecule has 0 saturated heterocycles. The van der Waals surface area contributed by atoms with E-state index >= 15 is 0 Å². The van der Waals surface area contributed by atoms with Crippen LogP contribution in [-0.4, -0.2) is 39.6 Å². The Morgan fingerprint density at radius 2 is 1.90 bits per heavy atom. The van der Waals surface area contributed by atoms with Crippen molar-refractivity contribution in [3.63, 3.8) is 0 Å². The van der Waals surface area contributed by atoms with Crippen LogP contribution in [0.4, 0.5) is 13.2 Å². The second kappa shape index (κ2) is 7.08. The number of halogens is 4. The number of carbonyl (C=O) groups excluding carboxylic acids is 1. The van der Waals surface area contributed by atoms with E-state index in [-0.39, 0.29) is 6.54 Å². The molecule has 2 atom stereocenters. The number of hydrogen-bond donors (Lipinski definition) is 1. The second-order valence-electron chi connectivity index (χ2n) is 4.38. The average molecular weight is 354 g/mol. The maximum absolute atomic E-state index is 12.4. The molecule has 1 N–H and O–H groups in total. The van der Waals surface area contributed by atoms with Gasteiger partial charge in [-0.3, -0.25) is 4.79 Å². The highest BCUT2D eigenvalue weighted by Crippen LogP contribution is 2.22. The summed E-state index contributed by atoms with van der Waals surface area (Å²) in [5, 5.41) is 9.13. The van der Waals surface area contributed by atoms with Gasteiger partial charge in [-0.2, -0.15) is 13.2 Å². The van der Waals surface area contributed by atoms with E-state index in [2.05, 4.69) is 15.9 Å². The van der Waals surface area contributed by atoms with E-state index in [4.69, 9.17) is 5.11 Å². The SMILES string of the molecule is CC(Br)C(=O)N(Cc1ccccc1)C[C@@H](O)C(F)(F)F. The lowest BCUT2D eigenvalue weighted by molar-refractivity contribution is -0.208. The van der Waals surface area contributed by atoms with Gasteiger partial charge in [0.1, 0.15) is 0 Å². The zero-order chi connectivity index (χ0) is 15.3. The fourth-order valence-electron chi connectivity index (χ4n) is 1.60. The fraction of sp³-hybridized carbons (Fsp3) is 0.462. The number of aliphatic hydroxyl groups is 1. The molecule has 112 valence electrons. The standard InChI is InChI=1S/C13H15BrF3NO2/c1-9(14)12(20)18(8-11(19)13(15,16)17)7-10-5-3-2-4-6-10/h2-6,9,11,19H,7-8H2,1H3/t9?,11-/m1/s1. The molecule has 0 aliphatic carbocycles. The molecule has 20 heavy (non-hydrogen) atoms. The summed E-state index contributed by atoms with van der Waals surface area (Å²) in [5.41, 5.74) is 0.698. The quantitative estimate of drug-likeness (QED) is 0.827. The first-order chi connectivity index (χ1) is 9.21. The third kappa shape index (κ3) is 5.13. The number of amides is 1. The predicted octanol–water partition coefficient (Wildman–Crippen LogP) is 2.72. The monoisotopic (exact) mass is 353 g/mol. The summed E-state index contributed by atoms with van der Waals surface area (Å²) in [4.78, 5) is 12.3. The van der Waals surface area contributed by atoms with Crippen LogP contribution in [0.1, 0.15) is 12.5 Å². The van der Waals surface area contributed by atoms with Crippen molar-refractivity contribution in [3.8, 4) is 0 Å². The third-order valence-electron chi connectivity index (χ3n) is 2.64. The lowest BCUT2D eigenvalue weighted by atomic mass is 10.2. The summed E-state index contributed by atoms with van der Waals surface area (Å²) in [6.45, 7) is 0.760. The fourth-order valence-corrected chi connectivity index (χ4v) is 1.89. The van der Waals surface area contributed by atoms with Crippen molar-refractivity contribution in [2.24, 2.45) is 0 Å². The summed E-state index contributed by atoms with van der Waals surface area (Å²) in [6.07, 6.45) is -7.30. The highest BCUT2D eigenvalue weighted by atomic mass is 79.9. The Morgan fingerprint density at radius 1 is 1.35 bits per heavy atom. The van der Waals surface area contributed by atoms with Crippen LogP contribution in [-0.2, 0) is 11.3 Å². The van der Waals surface area contributed by atoms with Crippen molar-refractivity contribution in [3.05, 3.63) is 35.9 Å². The van der Waals surface area contributed by atoms with Crippen molar-refractivity contribution in [2.45, 2.75) is 30.6 Å². The molecule has 0 saturated carbocycles. The van der Waals surface area contributed by atoms with Crippen LogP contribution in [0.5, 0.6) is 0 Å². The molecule has 0 aliphatic rings. The van der Waals surface area contributed by atoms with Gasteiger partial charge in [0.05, 0.1) is 11.4 Å². The number of aliphatic hydroxyl groups excluding tert-OH is 1. The van der Waals surface area contributed by atoms with E-state index < -0.39 is 29.6 Å². The third-order valence-corrected chi connectivity index (χ3v) is 3.03. The van der Waals surface area contributed by atoms with Crippen molar-refractivity contribution < 1.29 is 23.1 Å². The first-order valence-corrected chi connectivity index (χ1v) is 6.85. The molecular formula is C13H15BrF3NO2. The Kier molecular flexibility index (Phi) is 6.01. The van der Waals surface area contributed by atoms with Crippen molar-refractivity contribution >= 4 is 21.8 Å². The van der Waals surface area contributed by atoms with Crippen LogP contribution in [0.3, 0.4) is 0 Å². The largest absolute Gasteiger partial charge is 0.416 e. The first kappa shape index (κ1) is 17.0. The van der Waals surface area contributed by atoms with Gasteiger partial charge in [-0.15, -0.1) is 0 Å². The van der Waals surface area contributed by atoms with E-state index in [1.165, 1.54) is 6.92 Å². The number of hydrogen-bond acceptors (Lipinski definition) is 2. The van der Waals surface area contributed by atoms with Crippen molar-refractivity contribution in [2.75, 3.05) is 6.54 Å². The van der Waals surface area contributed by atoms with E-state index in [0.29, 0.717) is 5.56 Å². The molecule has 0 aliphatic heterocycles. The molecule has 0 spiro atoms. The molecule has 1 rings (SSSR count). The van der Waals surface area contributed by atoms with E-state index in [1.54, 1.807) is 30.3 Å². The lowest BCUT2D eigenvalue weighted by Crippen LogP contribution is -2.45. The van der Waals surface area contributed by atoms with Crippen LogP contribution in [0.25, 0.3) is 0 Å². The Balaban J connectivity index is 2.84. The normalized spacial score (nSPS) is 14.7. The highest BCUT2D eigenvalue weighted by molar-refractivity contribution is 9.10. The van der Waals surface area contributed by atoms with Crippen LogP contribution in [0.15, 0.2) is 30.3 Å². The second-order valence-corrected chi connectivity index (χ2v) is 5.75. The summed E-state index contributed by atoms with van der Waals surface area (Å²) in [6, 6.07) is 8.65. The minimum Gasteiger partial charge on any atom is -0.382 e. The molecule has 0 bridgehead atoms. The predicted molar refractivity (Wildman–Crippen MR) is 72.3 cm³/mol. The van der Waals surface area contributed by atoms with Gasteiger partial charge >= 0.3 is 6.18 Å². The van der Waals surface area contributed by atoms with Gasteiger partial charge < -0.3 is 10.0 Å². The van der Waals surface area contributed by atoms with Crippen LogP contribution in [0, 0.1) is 0 Å². The molecular weight excluding hydrogens is 339 g/mol. The Bertz CT molecular complexity index is 437. The molecule has 3 nitrogen and oxygen atoms in total. The number of benzene rings is 1. The molecule has 1 aromatic carbocycles. The van der Waals surface area contributed by atoms with Gasteiger partial charge in [0, 0.05) is 6.54 Å². The molecule has 1 unspecified atom stereocenters. The van der Waals surface area contributed by atoms with Gasteiger partial charge in [-0.25, -0.2) is 0 Å².